The van der Waals surface area contributed by atoms with Crippen LogP contribution in [0.15, 0.2) is 12.1 Å². The molecular formula is C11H14ClNO3. The summed E-state index contributed by atoms with van der Waals surface area (Å²) in [5.41, 5.74) is 6.48. The number of nitrogens with two attached hydrogens (primary N) is 1. The van der Waals surface area contributed by atoms with E-state index in [1.54, 1.807) is 12.1 Å². The molecule has 0 spiro atoms. The van der Waals surface area contributed by atoms with E-state index >= 15 is 0 Å². The smallest absolute Gasteiger partial charge is 0.179 e. The van der Waals surface area contributed by atoms with Crippen LogP contribution in [-0.2, 0) is 0 Å². The molecule has 1 heterocycles. The van der Waals surface area contributed by atoms with Crippen molar-refractivity contribution in [1.29, 1.82) is 0 Å². The topological polar surface area (TPSA) is 64.7 Å². The van der Waals surface area contributed by atoms with Crippen molar-refractivity contribution in [3.8, 4) is 11.5 Å². The van der Waals surface area contributed by atoms with Crippen molar-refractivity contribution in [2.75, 3.05) is 19.8 Å². The lowest BCUT2D eigenvalue weighted by atomic mass is 10.1. The molecule has 0 aromatic heterocycles. The molecule has 0 radical (unpaired) electrons. The van der Waals surface area contributed by atoms with E-state index in [2.05, 4.69) is 0 Å². The van der Waals surface area contributed by atoms with Gasteiger partial charge in [-0.15, -0.1) is 0 Å². The maximum atomic E-state index is 9.00. The number of benzene rings is 1. The highest BCUT2D eigenvalue weighted by Gasteiger charge is 2.17. The SMILES string of the molecule is N[C@@H](CO)c1cc(Cl)c2c(c1)OCCCO2. The minimum atomic E-state index is -0.449. The first-order valence-electron chi connectivity index (χ1n) is 5.18. The van der Waals surface area contributed by atoms with E-state index in [-0.39, 0.29) is 6.61 Å². The maximum Gasteiger partial charge on any atom is 0.179 e. The molecule has 1 aromatic carbocycles. The number of aliphatic hydroxyl groups is 1. The average molecular weight is 244 g/mol. The van der Waals surface area contributed by atoms with Crippen LogP contribution in [0.3, 0.4) is 0 Å². The van der Waals surface area contributed by atoms with E-state index in [1.165, 1.54) is 0 Å². The van der Waals surface area contributed by atoms with Crippen LogP contribution in [0, 0.1) is 0 Å². The third-order valence-corrected chi connectivity index (χ3v) is 2.73. The molecule has 0 saturated carbocycles. The van der Waals surface area contributed by atoms with Gasteiger partial charge in [0.25, 0.3) is 0 Å². The second-order valence-corrected chi connectivity index (χ2v) is 4.08. The number of halogens is 1. The Morgan fingerprint density at radius 1 is 1.38 bits per heavy atom. The first-order valence-corrected chi connectivity index (χ1v) is 5.55. The van der Waals surface area contributed by atoms with E-state index in [0.717, 1.165) is 12.0 Å². The second kappa shape index (κ2) is 4.91. The van der Waals surface area contributed by atoms with Crippen LogP contribution in [0.4, 0.5) is 0 Å². The molecule has 0 unspecified atom stereocenters. The van der Waals surface area contributed by atoms with Crippen molar-refractivity contribution in [3.05, 3.63) is 22.7 Å². The van der Waals surface area contributed by atoms with Gasteiger partial charge in [-0.3, -0.25) is 0 Å². The molecule has 2 rings (SSSR count). The summed E-state index contributed by atoms with van der Waals surface area (Å²) in [7, 11) is 0. The van der Waals surface area contributed by atoms with Crippen molar-refractivity contribution < 1.29 is 14.6 Å². The monoisotopic (exact) mass is 243 g/mol. The summed E-state index contributed by atoms with van der Waals surface area (Å²) >= 11 is 6.08. The number of rotatable bonds is 2. The molecule has 16 heavy (non-hydrogen) atoms. The number of hydrogen-bond acceptors (Lipinski definition) is 4. The predicted molar refractivity (Wildman–Crippen MR) is 61.1 cm³/mol. The lowest BCUT2D eigenvalue weighted by Crippen LogP contribution is -2.14. The molecule has 3 N–H and O–H groups in total. The van der Waals surface area contributed by atoms with Gasteiger partial charge in [-0.1, -0.05) is 11.6 Å². The maximum absolute atomic E-state index is 9.00. The molecule has 4 nitrogen and oxygen atoms in total. The summed E-state index contributed by atoms with van der Waals surface area (Å²) in [6.07, 6.45) is 0.826. The van der Waals surface area contributed by atoms with Crippen LogP contribution in [0.1, 0.15) is 18.0 Å². The van der Waals surface area contributed by atoms with E-state index in [1.807, 2.05) is 0 Å². The molecule has 1 atom stereocenters. The molecule has 0 aliphatic carbocycles. The number of fused-ring (bicyclic) bond motifs is 1. The van der Waals surface area contributed by atoms with E-state index in [9.17, 15) is 0 Å². The summed E-state index contributed by atoms with van der Waals surface area (Å²) in [6, 6.07) is 3.03. The van der Waals surface area contributed by atoms with Gasteiger partial charge in [0.2, 0.25) is 0 Å². The van der Waals surface area contributed by atoms with Gasteiger partial charge in [-0.2, -0.15) is 0 Å². The number of aliphatic hydroxyl groups excluding tert-OH is 1. The quantitative estimate of drug-likeness (QED) is 0.826. The third kappa shape index (κ3) is 2.24. The minimum Gasteiger partial charge on any atom is -0.489 e. The molecule has 88 valence electrons. The van der Waals surface area contributed by atoms with E-state index in [0.29, 0.717) is 29.7 Å². The standard InChI is InChI=1S/C11H14ClNO3/c12-8-4-7(9(13)6-14)5-10-11(8)16-3-1-2-15-10/h4-5,9,14H,1-3,6,13H2/t9-/m0/s1. The Bertz CT molecular complexity index is 384. The van der Waals surface area contributed by atoms with E-state index < -0.39 is 6.04 Å². The van der Waals surface area contributed by atoms with Crippen LogP contribution in [-0.4, -0.2) is 24.9 Å². The Kier molecular flexibility index (Phi) is 3.53. The summed E-state index contributed by atoms with van der Waals surface area (Å²) in [4.78, 5) is 0. The normalized spacial score (nSPS) is 16.7. The number of hydrogen-bond donors (Lipinski definition) is 2. The molecular weight excluding hydrogens is 230 g/mol. The molecule has 0 amide bonds. The number of ether oxygens (including phenoxy) is 2. The van der Waals surface area contributed by atoms with Crippen molar-refractivity contribution >= 4 is 11.6 Å². The molecule has 1 aliphatic rings. The van der Waals surface area contributed by atoms with Gasteiger partial charge in [0.15, 0.2) is 11.5 Å². The molecule has 0 fully saturated rings. The zero-order chi connectivity index (χ0) is 11.5. The van der Waals surface area contributed by atoms with Gasteiger partial charge < -0.3 is 20.3 Å². The van der Waals surface area contributed by atoms with Gasteiger partial charge in [0.1, 0.15) is 0 Å². The van der Waals surface area contributed by atoms with Gasteiger partial charge >= 0.3 is 0 Å². The predicted octanol–water partition coefficient (Wildman–Crippen LogP) is 1.49. The highest BCUT2D eigenvalue weighted by atomic mass is 35.5. The highest BCUT2D eigenvalue weighted by Crippen LogP contribution is 2.38. The van der Waals surface area contributed by atoms with Crippen LogP contribution >= 0.6 is 11.6 Å². The highest BCUT2D eigenvalue weighted by molar-refractivity contribution is 6.32. The zero-order valence-corrected chi connectivity index (χ0v) is 9.54. The molecule has 5 heteroatoms. The minimum absolute atomic E-state index is 0.129. The average Bonchev–Trinajstić information content (AvgIpc) is 2.53. The van der Waals surface area contributed by atoms with Crippen molar-refractivity contribution in [2.45, 2.75) is 12.5 Å². The Morgan fingerprint density at radius 3 is 2.88 bits per heavy atom. The molecule has 0 saturated heterocycles. The first kappa shape index (κ1) is 11.5. The Labute approximate surface area is 98.9 Å². The van der Waals surface area contributed by atoms with Crippen LogP contribution in [0.2, 0.25) is 5.02 Å². The van der Waals surface area contributed by atoms with Crippen LogP contribution in [0.25, 0.3) is 0 Å². The van der Waals surface area contributed by atoms with Gasteiger partial charge in [0, 0.05) is 6.42 Å². The largest absolute Gasteiger partial charge is 0.489 e. The summed E-state index contributed by atoms with van der Waals surface area (Å²) in [5, 5.41) is 9.47. The molecule has 1 aliphatic heterocycles. The fraction of sp³-hybridized carbons (Fsp3) is 0.455. The van der Waals surface area contributed by atoms with Crippen molar-refractivity contribution in [3.63, 3.8) is 0 Å². The molecule has 0 bridgehead atoms. The second-order valence-electron chi connectivity index (χ2n) is 3.67. The fourth-order valence-corrected chi connectivity index (χ4v) is 1.84. The molecule has 1 aromatic rings. The summed E-state index contributed by atoms with van der Waals surface area (Å²) in [5.74, 6) is 1.16. The lowest BCUT2D eigenvalue weighted by Gasteiger charge is -2.14. The first-order chi connectivity index (χ1) is 7.72. The summed E-state index contributed by atoms with van der Waals surface area (Å²) in [6.45, 7) is 1.06. The van der Waals surface area contributed by atoms with Crippen LogP contribution < -0.4 is 15.2 Å². The fourth-order valence-electron chi connectivity index (χ4n) is 1.57. The van der Waals surface area contributed by atoms with Gasteiger partial charge in [0.05, 0.1) is 30.9 Å². The van der Waals surface area contributed by atoms with Crippen LogP contribution in [0.5, 0.6) is 11.5 Å². The Morgan fingerprint density at radius 2 is 2.12 bits per heavy atom. The van der Waals surface area contributed by atoms with Crippen molar-refractivity contribution in [1.82, 2.24) is 0 Å². The van der Waals surface area contributed by atoms with Gasteiger partial charge in [-0.25, -0.2) is 0 Å². The third-order valence-electron chi connectivity index (χ3n) is 2.45. The Balaban J connectivity index is 2.39. The Hall–Kier alpha value is -0.970. The van der Waals surface area contributed by atoms with Gasteiger partial charge in [-0.05, 0) is 17.7 Å². The zero-order valence-electron chi connectivity index (χ0n) is 8.78. The van der Waals surface area contributed by atoms with E-state index in [4.69, 9.17) is 31.9 Å². The van der Waals surface area contributed by atoms with Crippen molar-refractivity contribution in [2.24, 2.45) is 5.73 Å². The lowest BCUT2D eigenvalue weighted by molar-refractivity contribution is 0.267. The summed E-state index contributed by atoms with van der Waals surface area (Å²) < 4.78 is 11.0.